The van der Waals surface area contributed by atoms with Crippen LogP contribution in [0.3, 0.4) is 0 Å². The molecule has 0 aromatic heterocycles. The average Bonchev–Trinajstić information content (AvgIpc) is 0.918. The number of hydrogen-bond donors (Lipinski definition) is 1. The number of hydrogen-bond acceptors (Lipinski definition) is 1. The Labute approximate surface area is 52.3 Å². The fourth-order valence-electron chi connectivity index (χ4n) is 0. The van der Waals surface area contributed by atoms with E-state index in [1.165, 1.54) is 0 Å². The zero-order valence-electron chi connectivity index (χ0n) is 2.43. The summed E-state index contributed by atoms with van der Waals surface area (Å²) in [6.45, 7) is 0. The van der Waals surface area contributed by atoms with Crippen LogP contribution in [0, 0.1) is 0 Å². The van der Waals surface area contributed by atoms with Crippen LogP contribution in [0.4, 0.5) is 0 Å². The van der Waals surface area contributed by atoms with Crippen LogP contribution in [0.2, 0.25) is 0 Å². The number of thiocarbonyl (C=S) groups is 1. The van der Waals surface area contributed by atoms with Crippen molar-refractivity contribution in [2.75, 3.05) is 0 Å². The van der Waals surface area contributed by atoms with Crippen LogP contribution in [0.1, 0.15) is 0 Å². The SMILES string of the molecule is OC=S.[Na]. The summed E-state index contributed by atoms with van der Waals surface area (Å²) in [6.07, 6.45) is 0. The molecule has 0 bridgehead atoms. The Balaban J connectivity index is 0. The fourth-order valence-corrected chi connectivity index (χ4v) is 0. The molecule has 0 saturated heterocycles. The quantitative estimate of drug-likeness (QED) is 0.333. The Hall–Kier alpha value is 0.890. The molecule has 1 N–H and O–H groups in total. The van der Waals surface area contributed by atoms with Crippen LogP contribution in [0.25, 0.3) is 0 Å². The van der Waals surface area contributed by atoms with E-state index in [0.717, 1.165) is 0 Å². The van der Waals surface area contributed by atoms with E-state index in [1.807, 2.05) is 0 Å². The Kier molecular flexibility index (Phi) is 20.1. The second-order valence-electron chi connectivity index (χ2n) is 0.105. The zero-order valence-corrected chi connectivity index (χ0v) is 5.25. The molecule has 0 fully saturated rings. The van der Waals surface area contributed by atoms with Gasteiger partial charge < -0.3 is 5.11 Å². The van der Waals surface area contributed by atoms with Gasteiger partial charge in [0.1, 0.15) is 5.55 Å². The Morgan fingerprint density at radius 3 is 1.75 bits per heavy atom. The summed E-state index contributed by atoms with van der Waals surface area (Å²) < 4.78 is 0. The molecule has 0 aliphatic rings. The molecule has 0 aliphatic carbocycles. The first-order valence-corrected chi connectivity index (χ1v) is 0.965. The summed E-state index contributed by atoms with van der Waals surface area (Å²) in [5.41, 5.74) is 0.583. The molecule has 0 aromatic rings. The van der Waals surface area contributed by atoms with Crippen LogP contribution in [-0.2, 0) is 0 Å². The van der Waals surface area contributed by atoms with Crippen LogP contribution >= 0.6 is 12.2 Å². The van der Waals surface area contributed by atoms with Crippen LogP contribution in [0.15, 0.2) is 0 Å². The third kappa shape index (κ3) is 13.0. The Morgan fingerprint density at radius 2 is 1.75 bits per heavy atom. The fraction of sp³-hybridized carbons (Fsp3) is 0. The third-order valence-corrected chi connectivity index (χ3v) is 0. The van der Waals surface area contributed by atoms with Crippen molar-refractivity contribution in [3.05, 3.63) is 0 Å². The second kappa shape index (κ2) is 9.10. The third-order valence-electron chi connectivity index (χ3n) is 0. The summed E-state index contributed by atoms with van der Waals surface area (Å²) in [6, 6.07) is 0. The van der Waals surface area contributed by atoms with Crippen molar-refractivity contribution < 1.29 is 5.11 Å². The number of aliphatic hydroxyl groups is 1. The van der Waals surface area contributed by atoms with Crippen molar-refractivity contribution in [1.29, 1.82) is 0 Å². The normalized spacial score (nSPS) is 3.00. The molecular formula is CH2NaOS. The first kappa shape index (κ1) is 8.86. The summed E-state index contributed by atoms with van der Waals surface area (Å²) in [4.78, 5) is 0. The first-order chi connectivity index (χ1) is 1.41. The molecule has 3 heteroatoms. The molecule has 19 valence electrons. The molecule has 0 rings (SSSR count). The monoisotopic (exact) mass is 85.0 g/mol. The first-order valence-electron chi connectivity index (χ1n) is 0.494. The summed E-state index contributed by atoms with van der Waals surface area (Å²) in [7, 11) is 0. The predicted octanol–water partition coefficient (Wildman–Crippen LogP) is 0.121. The van der Waals surface area contributed by atoms with Gasteiger partial charge in [-0.15, -0.1) is 0 Å². The van der Waals surface area contributed by atoms with Crippen LogP contribution in [-0.4, -0.2) is 40.2 Å². The number of aliphatic hydroxyl groups excluding tert-OH is 1. The molecule has 0 atom stereocenters. The van der Waals surface area contributed by atoms with Crippen molar-refractivity contribution in [2.45, 2.75) is 0 Å². The van der Waals surface area contributed by atoms with E-state index in [2.05, 4.69) is 12.2 Å². The standard InChI is InChI=1S/CH2OS.Na/c2-1-3;/h1H,(H,2,3);. The maximum atomic E-state index is 7.26. The van der Waals surface area contributed by atoms with E-state index in [1.54, 1.807) is 0 Å². The minimum absolute atomic E-state index is 0. The van der Waals surface area contributed by atoms with E-state index < -0.39 is 0 Å². The van der Waals surface area contributed by atoms with Crippen molar-refractivity contribution in [3.63, 3.8) is 0 Å². The minimum atomic E-state index is 0. The molecule has 0 heterocycles. The van der Waals surface area contributed by atoms with Crippen LogP contribution < -0.4 is 0 Å². The van der Waals surface area contributed by atoms with E-state index in [0.29, 0.717) is 5.55 Å². The molecule has 0 aliphatic heterocycles. The van der Waals surface area contributed by atoms with E-state index >= 15 is 0 Å². The van der Waals surface area contributed by atoms with E-state index in [-0.39, 0.29) is 29.6 Å². The van der Waals surface area contributed by atoms with Gasteiger partial charge in [0.25, 0.3) is 0 Å². The maximum absolute atomic E-state index is 7.26. The van der Waals surface area contributed by atoms with Gasteiger partial charge in [0.05, 0.1) is 0 Å². The summed E-state index contributed by atoms with van der Waals surface area (Å²) in [5.74, 6) is 0. The zero-order chi connectivity index (χ0) is 2.71. The molecule has 0 spiro atoms. The number of rotatable bonds is 0. The van der Waals surface area contributed by atoms with Gasteiger partial charge in [-0.1, -0.05) is 0 Å². The van der Waals surface area contributed by atoms with Crippen LogP contribution in [0.5, 0.6) is 0 Å². The van der Waals surface area contributed by atoms with Gasteiger partial charge in [-0.25, -0.2) is 0 Å². The summed E-state index contributed by atoms with van der Waals surface area (Å²) in [5, 5.41) is 7.26. The molecule has 0 amide bonds. The molecule has 0 saturated carbocycles. The molecule has 0 unspecified atom stereocenters. The maximum Gasteiger partial charge on any atom is 0.142 e. The Morgan fingerprint density at radius 1 is 1.75 bits per heavy atom. The van der Waals surface area contributed by atoms with Gasteiger partial charge in [-0.05, 0) is 12.2 Å². The van der Waals surface area contributed by atoms with Gasteiger partial charge in [-0.2, -0.15) is 0 Å². The van der Waals surface area contributed by atoms with Gasteiger partial charge in [0.15, 0.2) is 0 Å². The van der Waals surface area contributed by atoms with Crippen molar-refractivity contribution in [3.8, 4) is 0 Å². The smallest absolute Gasteiger partial charge is 0.142 e. The predicted molar refractivity (Wildman–Crippen MR) is 22.0 cm³/mol. The molecule has 1 radical (unpaired) electrons. The molecular weight excluding hydrogens is 83.1 g/mol. The van der Waals surface area contributed by atoms with Crippen molar-refractivity contribution in [1.82, 2.24) is 0 Å². The second-order valence-corrected chi connectivity index (χ2v) is 0.316. The Bertz CT molecular complexity index is 15.5. The van der Waals surface area contributed by atoms with E-state index in [4.69, 9.17) is 5.11 Å². The molecule has 4 heavy (non-hydrogen) atoms. The topological polar surface area (TPSA) is 20.2 Å². The minimum Gasteiger partial charge on any atom is -0.504 e. The van der Waals surface area contributed by atoms with E-state index in [9.17, 15) is 0 Å². The van der Waals surface area contributed by atoms with Gasteiger partial charge in [0.2, 0.25) is 0 Å². The van der Waals surface area contributed by atoms with Gasteiger partial charge in [-0.3, -0.25) is 0 Å². The average molecular weight is 85.1 g/mol. The van der Waals surface area contributed by atoms with Crippen molar-refractivity contribution >= 4 is 47.3 Å². The molecule has 1 nitrogen and oxygen atoms in total. The largest absolute Gasteiger partial charge is 0.504 e. The summed E-state index contributed by atoms with van der Waals surface area (Å²) >= 11 is 3.82. The van der Waals surface area contributed by atoms with Gasteiger partial charge >= 0.3 is 0 Å². The van der Waals surface area contributed by atoms with Gasteiger partial charge in [0, 0.05) is 29.6 Å². The van der Waals surface area contributed by atoms with Crippen molar-refractivity contribution in [2.24, 2.45) is 0 Å². The molecule has 0 aromatic carbocycles.